The van der Waals surface area contributed by atoms with Gasteiger partial charge in [0.15, 0.2) is 5.78 Å². The third-order valence-corrected chi connectivity index (χ3v) is 5.29. The summed E-state index contributed by atoms with van der Waals surface area (Å²) in [7, 11) is 0. The van der Waals surface area contributed by atoms with E-state index in [1.165, 1.54) is 31.2 Å². The Labute approximate surface area is 180 Å². The van der Waals surface area contributed by atoms with Crippen molar-refractivity contribution in [1.82, 2.24) is 4.57 Å². The van der Waals surface area contributed by atoms with Crippen molar-refractivity contribution in [3.63, 3.8) is 0 Å². The first-order valence-corrected chi connectivity index (χ1v) is 9.80. The van der Waals surface area contributed by atoms with Crippen LogP contribution >= 0.6 is 0 Å². The molecule has 0 aliphatic heterocycles. The number of carbonyl (C=O) groups is 1. The van der Waals surface area contributed by atoms with Crippen LogP contribution in [0.3, 0.4) is 0 Å². The van der Waals surface area contributed by atoms with E-state index in [2.05, 4.69) is 20.8 Å². The van der Waals surface area contributed by atoms with Gasteiger partial charge in [-0.05, 0) is 41.2 Å². The Hall–Kier alpha value is -3.72. The molecule has 0 bridgehead atoms. The molecule has 1 aromatic heterocycles. The summed E-state index contributed by atoms with van der Waals surface area (Å²) in [5.74, 6) is -1.44. The summed E-state index contributed by atoms with van der Waals surface area (Å²) in [6.07, 6.45) is 0. The second-order valence-corrected chi connectivity index (χ2v) is 8.48. The molecule has 158 valence electrons. The Morgan fingerprint density at radius 2 is 1.68 bits per heavy atom. The summed E-state index contributed by atoms with van der Waals surface area (Å²) < 4.78 is 14.2. The van der Waals surface area contributed by atoms with Gasteiger partial charge in [-0.15, -0.1) is 0 Å². The SMILES string of the molecule is Cc1c(C(=O)c2ccc(C(C)(C)C)cc2)c(O)n(Cc2ccc(F)cc2)c(=O)c1C#N. The number of ketones is 1. The summed E-state index contributed by atoms with van der Waals surface area (Å²) in [5.41, 5.74) is 0.949. The molecular formula is C25H23FN2O3. The molecule has 1 heterocycles. The van der Waals surface area contributed by atoms with Crippen LogP contribution in [0.25, 0.3) is 0 Å². The van der Waals surface area contributed by atoms with Gasteiger partial charge in [0, 0.05) is 5.56 Å². The van der Waals surface area contributed by atoms with Gasteiger partial charge < -0.3 is 5.11 Å². The number of rotatable bonds is 4. The quantitative estimate of drug-likeness (QED) is 0.635. The van der Waals surface area contributed by atoms with Crippen LogP contribution in [0.4, 0.5) is 4.39 Å². The van der Waals surface area contributed by atoms with Crippen molar-refractivity contribution >= 4 is 5.78 Å². The average Bonchev–Trinajstić information content (AvgIpc) is 2.72. The molecular weight excluding hydrogens is 395 g/mol. The lowest BCUT2D eigenvalue weighted by Crippen LogP contribution is -2.27. The highest BCUT2D eigenvalue weighted by Crippen LogP contribution is 2.27. The average molecular weight is 418 g/mol. The summed E-state index contributed by atoms with van der Waals surface area (Å²) in [4.78, 5) is 26.0. The highest BCUT2D eigenvalue weighted by Gasteiger charge is 2.25. The number of nitriles is 1. The standard InChI is InChI=1S/C25H23FN2O3/c1-15-20(13-27)23(30)28(14-16-5-11-19(26)12-6-16)24(31)21(15)22(29)17-7-9-18(10-8-17)25(2,3)4/h5-12,31H,14H2,1-4H3. The lowest BCUT2D eigenvalue weighted by molar-refractivity contribution is 0.103. The molecule has 0 fully saturated rings. The predicted molar refractivity (Wildman–Crippen MR) is 116 cm³/mol. The van der Waals surface area contributed by atoms with Crippen molar-refractivity contribution in [1.29, 1.82) is 5.26 Å². The number of aromatic nitrogens is 1. The van der Waals surface area contributed by atoms with Crippen molar-refractivity contribution in [3.05, 3.63) is 98.1 Å². The van der Waals surface area contributed by atoms with Crippen molar-refractivity contribution in [2.45, 2.75) is 39.7 Å². The molecule has 31 heavy (non-hydrogen) atoms. The van der Waals surface area contributed by atoms with Gasteiger partial charge in [-0.1, -0.05) is 57.2 Å². The lowest BCUT2D eigenvalue weighted by atomic mass is 9.86. The summed E-state index contributed by atoms with van der Waals surface area (Å²) in [6.45, 7) is 7.54. The Kier molecular flexibility index (Phi) is 5.81. The number of benzene rings is 2. The van der Waals surface area contributed by atoms with Gasteiger partial charge in [0.25, 0.3) is 5.56 Å². The first-order chi connectivity index (χ1) is 14.5. The van der Waals surface area contributed by atoms with Gasteiger partial charge in [0.1, 0.15) is 17.4 Å². The van der Waals surface area contributed by atoms with Crippen molar-refractivity contribution in [3.8, 4) is 11.9 Å². The van der Waals surface area contributed by atoms with Gasteiger partial charge in [0.05, 0.1) is 12.1 Å². The minimum Gasteiger partial charge on any atom is -0.494 e. The molecule has 0 aliphatic rings. The summed E-state index contributed by atoms with van der Waals surface area (Å²) in [6, 6.07) is 14.3. The second kappa shape index (κ2) is 8.19. The lowest BCUT2D eigenvalue weighted by Gasteiger charge is -2.19. The Balaban J connectivity index is 2.13. The molecule has 0 aliphatic carbocycles. The smallest absolute Gasteiger partial charge is 0.271 e. The molecule has 3 aromatic rings. The first kappa shape index (κ1) is 22.0. The van der Waals surface area contributed by atoms with Crippen LogP contribution in [-0.2, 0) is 12.0 Å². The molecule has 1 N–H and O–H groups in total. The van der Waals surface area contributed by atoms with E-state index in [-0.39, 0.29) is 28.7 Å². The fourth-order valence-corrected chi connectivity index (χ4v) is 3.41. The van der Waals surface area contributed by atoms with Crippen molar-refractivity contribution in [2.75, 3.05) is 0 Å². The maximum absolute atomic E-state index is 13.2. The number of aromatic hydroxyl groups is 1. The molecule has 0 unspecified atom stereocenters. The van der Waals surface area contributed by atoms with E-state index < -0.39 is 23.0 Å². The highest BCUT2D eigenvalue weighted by atomic mass is 19.1. The highest BCUT2D eigenvalue weighted by molar-refractivity contribution is 6.11. The van der Waals surface area contributed by atoms with Crippen LogP contribution in [0.5, 0.6) is 5.88 Å². The minimum atomic E-state index is -0.707. The Morgan fingerprint density at radius 3 is 2.19 bits per heavy atom. The number of halogens is 1. The van der Waals surface area contributed by atoms with Crippen LogP contribution in [0.1, 0.15) is 58.9 Å². The topological polar surface area (TPSA) is 83.1 Å². The van der Waals surface area contributed by atoms with Gasteiger partial charge in [-0.25, -0.2) is 4.39 Å². The summed E-state index contributed by atoms with van der Waals surface area (Å²) in [5, 5.41) is 20.4. The normalized spacial score (nSPS) is 11.2. The first-order valence-electron chi connectivity index (χ1n) is 9.80. The fourth-order valence-electron chi connectivity index (χ4n) is 3.41. The molecule has 0 saturated heterocycles. The minimum absolute atomic E-state index is 0.0873. The van der Waals surface area contributed by atoms with Crippen LogP contribution in [0.2, 0.25) is 0 Å². The molecule has 2 aromatic carbocycles. The molecule has 0 atom stereocenters. The van der Waals surface area contributed by atoms with E-state index in [9.17, 15) is 24.3 Å². The number of hydrogen-bond donors (Lipinski definition) is 1. The third-order valence-electron chi connectivity index (χ3n) is 5.29. The number of hydrogen-bond acceptors (Lipinski definition) is 4. The third kappa shape index (κ3) is 4.26. The van der Waals surface area contributed by atoms with Crippen LogP contribution in [0, 0.1) is 24.1 Å². The van der Waals surface area contributed by atoms with Crippen LogP contribution < -0.4 is 5.56 Å². The van der Waals surface area contributed by atoms with Crippen molar-refractivity contribution < 1.29 is 14.3 Å². The van der Waals surface area contributed by atoms with Crippen molar-refractivity contribution in [2.24, 2.45) is 0 Å². The molecule has 5 nitrogen and oxygen atoms in total. The zero-order chi connectivity index (χ0) is 22.9. The zero-order valence-corrected chi connectivity index (χ0v) is 17.9. The molecule has 3 rings (SSSR count). The summed E-state index contributed by atoms with van der Waals surface area (Å²) >= 11 is 0. The van der Waals surface area contributed by atoms with Crippen LogP contribution in [-0.4, -0.2) is 15.5 Å². The number of carbonyl (C=O) groups excluding carboxylic acids is 1. The van der Waals surface area contributed by atoms with E-state index in [0.717, 1.165) is 10.1 Å². The van der Waals surface area contributed by atoms with E-state index in [1.54, 1.807) is 12.1 Å². The van der Waals surface area contributed by atoms with E-state index in [4.69, 9.17) is 0 Å². The second-order valence-electron chi connectivity index (χ2n) is 8.48. The molecule has 0 saturated carbocycles. The largest absolute Gasteiger partial charge is 0.494 e. The van der Waals surface area contributed by atoms with Crippen LogP contribution in [0.15, 0.2) is 53.3 Å². The number of pyridine rings is 1. The van der Waals surface area contributed by atoms with E-state index in [0.29, 0.717) is 11.1 Å². The Morgan fingerprint density at radius 1 is 1.10 bits per heavy atom. The Bertz CT molecular complexity index is 1240. The predicted octanol–water partition coefficient (Wildman–Crippen LogP) is 4.45. The molecule has 6 heteroatoms. The maximum Gasteiger partial charge on any atom is 0.271 e. The van der Waals surface area contributed by atoms with Gasteiger partial charge >= 0.3 is 0 Å². The van der Waals surface area contributed by atoms with Gasteiger partial charge in [0.2, 0.25) is 5.88 Å². The molecule has 0 spiro atoms. The van der Waals surface area contributed by atoms with E-state index in [1.807, 2.05) is 18.2 Å². The van der Waals surface area contributed by atoms with E-state index >= 15 is 0 Å². The molecule has 0 amide bonds. The monoisotopic (exact) mass is 418 g/mol. The maximum atomic E-state index is 13.2. The number of nitrogens with zero attached hydrogens (tertiary/aromatic N) is 2. The van der Waals surface area contributed by atoms with Gasteiger partial charge in [-0.2, -0.15) is 5.26 Å². The molecule has 0 radical (unpaired) electrons. The fraction of sp³-hybridized carbons (Fsp3) is 0.240. The zero-order valence-electron chi connectivity index (χ0n) is 17.9. The van der Waals surface area contributed by atoms with Gasteiger partial charge in [-0.3, -0.25) is 14.2 Å².